The van der Waals surface area contributed by atoms with Crippen LogP contribution >= 0.6 is 11.6 Å². The van der Waals surface area contributed by atoms with Crippen LogP contribution in [0.1, 0.15) is 23.2 Å². The summed E-state index contributed by atoms with van der Waals surface area (Å²) < 4.78 is 40.3. The Morgan fingerprint density at radius 1 is 1.03 bits per heavy atom. The molecule has 1 fully saturated rings. The second-order valence-electron chi connectivity index (χ2n) is 6.90. The van der Waals surface area contributed by atoms with Crippen molar-refractivity contribution in [2.45, 2.75) is 12.8 Å². The fourth-order valence-corrected chi connectivity index (χ4v) is 3.50. The summed E-state index contributed by atoms with van der Waals surface area (Å²) in [5.41, 5.74) is -0.000209. The van der Waals surface area contributed by atoms with Crippen LogP contribution in [0.5, 0.6) is 0 Å². The first-order valence-electron chi connectivity index (χ1n) is 9.18. The zero-order valence-corrected chi connectivity index (χ0v) is 19.6. The minimum atomic E-state index is -1.32. The first-order valence-corrected chi connectivity index (χ1v) is 9.55. The van der Waals surface area contributed by atoms with Crippen LogP contribution in [0.25, 0.3) is 0 Å². The molecule has 3 rings (SSSR count). The van der Waals surface area contributed by atoms with Crippen molar-refractivity contribution in [2.24, 2.45) is 5.92 Å². The number of hydrogen-bond acceptors (Lipinski definition) is 5. The number of nitrogens with one attached hydrogen (secondary N) is 2. The molecule has 0 saturated carbocycles. The molecular weight excluding hydrogens is 462 g/mol. The van der Waals surface area contributed by atoms with Crippen LogP contribution in [0.4, 0.5) is 29.3 Å². The van der Waals surface area contributed by atoms with Gasteiger partial charge in [0.1, 0.15) is 5.82 Å². The normalized spacial score (nSPS) is 13.8. The summed E-state index contributed by atoms with van der Waals surface area (Å²) in [6.45, 7) is 0.675. The van der Waals surface area contributed by atoms with E-state index in [-0.39, 0.29) is 35.2 Å². The average molecular weight is 478 g/mol. The van der Waals surface area contributed by atoms with Crippen molar-refractivity contribution in [3.05, 3.63) is 58.4 Å². The number of carbonyl (C=O) groups excluding carboxylic acids is 3. The van der Waals surface area contributed by atoms with Crippen LogP contribution in [0.3, 0.4) is 0 Å². The number of amides is 3. The Morgan fingerprint density at radius 2 is 1.66 bits per heavy atom. The van der Waals surface area contributed by atoms with E-state index in [1.807, 2.05) is 5.32 Å². The van der Waals surface area contributed by atoms with E-state index < -0.39 is 51.9 Å². The van der Waals surface area contributed by atoms with Gasteiger partial charge in [-0.05, 0) is 43.2 Å². The van der Waals surface area contributed by atoms with Crippen LogP contribution in [0.15, 0.2) is 30.3 Å². The van der Waals surface area contributed by atoms with Gasteiger partial charge in [0.05, 0.1) is 22.0 Å². The number of carbonyl (C=O) groups is 3. The van der Waals surface area contributed by atoms with Gasteiger partial charge in [0, 0.05) is 25.0 Å². The first kappa shape index (κ1) is 26.0. The van der Waals surface area contributed by atoms with Gasteiger partial charge >= 0.3 is 35.6 Å². The van der Waals surface area contributed by atoms with Crippen LogP contribution in [-0.2, 0) is 4.79 Å². The molecule has 0 radical (unpaired) electrons. The molecule has 164 valence electrons. The van der Waals surface area contributed by atoms with Gasteiger partial charge in [0.25, 0.3) is 5.91 Å². The predicted octanol–water partition coefficient (Wildman–Crippen LogP) is -0.311. The Balaban J connectivity index is 0.00000363. The molecule has 0 aliphatic carbocycles. The maximum Gasteiger partial charge on any atom is 1.00 e. The Labute approximate surface area is 208 Å². The molecule has 0 aromatic heterocycles. The van der Waals surface area contributed by atoms with Gasteiger partial charge in [-0.3, -0.25) is 10.1 Å². The summed E-state index contributed by atoms with van der Waals surface area (Å²) >= 11 is 5.72. The average Bonchev–Trinajstić information content (AvgIpc) is 2.70. The van der Waals surface area contributed by atoms with Gasteiger partial charge in [-0.1, -0.05) is 11.6 Å². The zero-order chi connectivity index (χ0) is 22.7. The van der Waals surface area contributed by atoms with E-state index in [1.165, 1.54) is 12.1 Å². The van der Waals surface area contributed by atoms with Crippen molar-refractivity contribution in [3.8, 4) is 0 Å². The number of imide groups is 1. The van der Waals surface area contributed by atoms with E-state index in [0.717, 1.165) is 6.07 Å². The monoisotopic (exact) mass is 477 g/mol. The van der Waals surface area contributed by atoms with Crippen LogP contribution < -0.4 is 50.2 Å². The molecular formula is C20H16ClF3N3NaO4. The molecule has 32 heavy (non-hydrogen) atoms. The topological polar surface area (TPSA) is 102 Å². The van der Waals surface area contributed by atoms with E-state index in [4.69, 9.17) is 11.6 Å². The number of aliphatic carboxylic acids is 1. The number of anilines is 2. The van der Waals surface area contributed by atoms with Crippen molar-refractivity contribution >= 4 is 40.9 Å². The summed E-state index contributed by atoms with van der Waals surface area (Å²) in [6.07, 6.45) is 0.636. The Morgan fingerprint density at radius 3 is 2.28 bits per heavy atom. The van der Waals surface area contributed by atoms with E-state index >= 15 is 0 Å². The van der Waals surface area contributed by atoms with Crippen molar-refractivity contribution in [1.82, 2.24) is 5.32 Å². The van der Waals surface area contributed by atoms with Crippen LogP contribution in [0.2, 0.25) is 5.02 Å². The fraction of sp³-hybridized carbons (Fsp3) is 0.250. The minimum absolute atomic E-state index is 0. The molecule has 2 N–H and O–H groups in total. The number of carboxylic acid groups (broad SMARTS) is 1. The third-order valence-electron chi connectivity index (χ3n) is 4.86. The number of urea groups is 1. The van der Waals surface area contributed by atoms with E-state index in [2.05, 4.69) is 5.32 Å². The number of rotatable bonds is 4. The summed E-state index contributed by atoms with van der Waals surface area (Å²) in [5.74, 6) is -6.03. The van der Waals surface area contributed by atoms with Crippen LogP contribution in [0, 0.1) is 23.4 Å². The first-order chi connectivity index (χ1) is 14.7. The minimum Gasteiger partial charge on any atom is -0.550 e. The largest absolute Gasteiger partial charge is 1.00 e. The molecule has 2 aromatic carbocycles. The van der Waals surface area contributed by atoms with Crippen LogP contribution in [-0.4, -0.2) is 31.0 Å². The fourth-order valence-electron chi connectivity index (χ4n) is 3.26. The quantitative estimate of drug-likeness (QED) is 0.465. The van der Waals surface area contributed by atoms with Gasteiger partial charge in [0.2, 0.25) is 0 Å². The molecule has 0 bridgehead atoms. The number of piperidine rings is 1. The Bertz CT molecular complexity index is 1050. The molecule has 0 atom stereocenters. The second kappa shape index (κ2) is 11.0. The third-order valence-corrected chi connectivity index (χ3v) is 5.17. The molecule has 0 unspecified atom stereocenters. The molecule has 1 aliphatic heterocycles. The number of halogens is 4. The van der Waals surface area contributed by atoms with E-state index in [1.54, 1.807) is 4.90 Å². The SMILES string of the molecule is O=C(NC(=O)c1cc(F)c(F)cc1Cl)Nc1cc(F)ccc1N1CCC(C(=O)[O-])CC1.[Na+]. The van der Waals surface area contributed by atoms with Gasteiger partial charge in [-0.25, -0.2) is 18.0 Å². The maximum atomic E-state index is 13.8. The predicted molar refractivity (Wildman–Crippen MR) is 104 cm³/mol. The number of benzene rings is 2. The van der Waals surface area contributed by atoms with Gasteiger partial charge < -0.3 is 20.1 Å². The molecule has 1 heterocycles. The smallest absolute Gasteiger partial charge is 0.550 e. The molecule has 0 spiro atoms. The molecule has 7 nitrogen and oxygen atoms in total. The molecule has 1 aliphatic rings. The summed E-state index contributed by atoms with van der Waals surface area (Å²) in [4.78, 5) is 37.2. The zero-order valence-electron chi connectivity index (χ0n) is 16.9. The summed E-state index contributed by atoms with van der Waals surface area (Å²) in [7, 11) is 0. The maximum absolute atomic E-state index is 13.8. The third kappa shape index (κ3) is 6.16. The number of hydrogen-bond donors (Lipinski definition) is 2. The van der Waals surface area contributed by atoms with E-state index in [9.17, 15) is 32.7 Å². The summed E-state index contributed by atoms with van der Waals surface area (Å²) in [6, 6.07) is 3.73. The summed E-state index contributed by atoms with van der Waals surface area (Å²) in [5, 5.41) is 14.9. The van der Waals surface area contributed by atoms with Gasteiger partial charge in [-0.2, -0.15) is 0 Å². The molecule has 2 aromatic rings. The molecule has 3 amide bonds. The van der Waals surface area contributed by atoms with Crippen molar-refractivity contribution in [2.75, 3.05) is 23.3 Å². The standard InChI is InChI=1S/C20H17ClF3N3O4.Na/c21-13-9-15(24)14(23)8-12(13)18(28)26-20(31)25-16-7-11(22)1-2-17(16)27-5-3-10(4-6-27)19(29)30;/h1-2,7-10H,3-6H2,(H,29,30)(H2,25,26,28,31);/q;+1/p-1. The van der Waals surface area contributed by atoms with Gasteiger partial charge in [0.15, 0.2) is 11.6 Å². The van der Waals surface area contributed by atoms with Crippen molar-refractivity contribution in [3.63, 3.8) is 0 Å². The van der Waals surface area contributed by atoms with Crippen molar-refractivity contribution in [1.29, 1.82) is 0 Å². The van der Waals surface area contributed by atoms with Crippen molar-refractivity contribution < 1.29 is 62.2 Å². The van der Waals surface area contributed by atoms with Gasteiger partial charge in [-0.15, -0.1) is 0 Å². The Kier molecular flexibility index (Phi) is 8.97. The number of nitrogens with zero attached hydrogens (tertiary/aromatic N) is 1. The number of carboxylic acids is 1. The Hall–Kier alpha value is -2.27. The van der Waals surface area contributed by atoms with E-state index in [0.29, 0.717) is 43.8 Å². The molecule has 12 heteroatoms. The molecule has 1 saturated heterocycles. The second-order valence-corrected chi connectivity index (χ2v) is 7.30.